The van der Waals surface area contributed by atoms with Crippen molar-refractivity contribution in [2.75, 3.05) is 18.4 Å². The van der Waals surface area contributed by atoms with Gasteiger partial charge in [-0.15, -0.1) is 0 Å². The largest absolute Gasteiger partial charge is 0.460 e. The molecule has 25 heavy (non-hydrogen) atoms. The first-order chi connectivity index (χ1) is 12.0. The van der Waals surface area contributed by atoms with Crippen LogP contribution in [-0.4, -0.2) is 48.2 Å². The minimum Gasteiger partial charge on any atom is -0.460 e. The number of piperidine rings is 1. The standard InChI is InChI=1S/C18H22N2O5/c1-12-11-15(17(22)24-12)25-16(21)13-7-9-20(10-8-13)18(23)19-14-5-3-2-4-6-14/h2-6,12-13,15H,7-11H2,1H3,(H,19,23)/t12-,15+/m1/s1. The maximum absolute atomic E-state index is 12.2. The third-order valence-corrected chi connectivity index (χ3v) is 4.53. The second-order valence-electron chi connectivity index (χ2n) is 6.47. The Bertz CT molecular complexity index is 640. The van der Waals surface area contributed by atoms with Crippen LogP contribution in [0.1, 0.15) is 26.2 Å². The maximum Gasteiger partial charge on any atom is 0.347 e. The minimum atomic E-state index is -0.790. The van der Waals surface area contributed by atoms with Crippen LogP contribution >= 0.6 is 0 Å². The molecule has 2 fully saturated rings. The first kappa shape index (κ1) is 17.3. The summed E-state index contributed by atoms with van der Waals surface area (Å²) in [5, 5.41) is 2.83. The van der Waals surface area contributed by atoms with Crippen LogP contribution in [0.25, 0.3) is 0 Å². The molecule has 2 aliphatic rings. The van der Waals surface area contributed by atoms with Gasteiger partial charge in [0.05, 0.1) is 5.92 Å². The summed E-state index contributed by atoms with van der Waals surface area (Å²) in [7, 11) is 0. The number of nitrogens with zero attached hydrogens (tertiary/aromatic N) is 1. The van der Waals surface area contributed by atoms with Gasteiger partial charge < -0.3 is 19.7 Å². The van der Waals surface area contributed by atoms with E-state index in [9.17, 15) is 14.4 Å². The number of hydrogen-bond donors (Lipinski definition) is 1. The van der Waals surface area contributed by atoms with E-state index in [0.29, 0.717) is 32.4 Å². The lowest BCUT2D eigenvalue weighted by atomic mass is 9.97. The van der Waals surface area contributed by atoms with Crippen LogP contribution in [0.3, 0.4) is 0 Å². The van der Waals surface area contributed by atoms with E-state index in [2.05, 4.69) is 5.32 Å². The molecule has 1 aromatic carbocycles. The number of esters is 2. The fourth-order valence-corrected chi connectivity index (χ4v) is 3.09. The Kier molecular flexibility index (Phi) is 5.21. The third-order valence-electron chi connectivity index (χ3n) is 4.53. The van der Waals surface area contributed by atoms with E-state index in [4.69, 9.17) is 9.47 Å². The molecule has 0 spiro atoms. The molecule has 0 saturated carbocycles. The molecule has 3 rings (SSSR count). The van der Waals surface area contributed by atoms with Crippen LogP contribution in [0.2, 0.25) is 0 Å². The van der Waals surface area contributed by atoms with E-state index in [1.54, 1.807) is 11.8 Å². The molecule has 0 aromatic heterocycles. The SMILES string of the molecule is C[C@@H]1C[C@H](OC(=O)C2CCN(C(=O)Nc3ccccc3)CC2)C(=O)O1. The van der Waals surface area contributed by atoms with Crippen LogP contribution in [-0.2, 0) is 19.1 Å². The molecule has 1 aromatic rings. The highest BCUT2D eigenvalue weighted by atomic mass is 16.6. The van der Waals surface area contributed by atoms with Gasteiger partial charge in [0.15, 0.2) is 0 Å². The van der Waals surface area contributed by atoms with Crippen molar-refractivity contribution in [1.82, 2.24) is 4.90 Å². The second-order valence-corrected chi connectivity index (χ2v) is 6.47. The molecule has 2 amide bonds. The van der Waals surface area contributed by atoms with Gasteiger partial charge in [-0.05, 0) is 31.9 Å². The highest BCUT2D eigenvalue weighted by molar-refractivity contribution is 5.89. The smallest absolute Gasteiger partial charge is 0.347 e. The Morgan fingerprint density at radius 3 is 2.48 bits per heavy atom. The van der Waals surface area contributed by atoms with Crippen molar-refractivity contribution in [3.8, 4) is 0 Å². The summed E-state index contributed by atoms with van der Waals surface area (Å²) >= 11 is 0. The lowest BCUT2D eigenvalue weighted by molar-refractivity contribution is -0.164. The van der Waals surface area contributed by atoms with Gasteiger partial charge in [-0.3, -0.25) is 4.79 Å². The summed E-state index contributed by atoms with van der Waals surface area (Å²) < 4.78 is 10.3. The topological polar surface area (TPSA) is 84.9 Å². The number of carbonyl (C=O) groups excluding carboxylic acids is 3. The highest BCUT2D eigenvalue weighted by Crippen LogP contribution is 2.23. The Hall–Kier alpha value is -2.57. The molecule has 7 nitrogen and oxygen atoms in total. The summed E-state index contributed by atoms with van der Waals surface area (Å²) in [5.41, 5.74) is 0.739. The van der Waals surface area contributed by atoms with Crippen LogP contribution in [0, 0.1) is 5.92 Å². The Balaban J connectivity index is 1.46. The monoisotopic (exact) mass is 346 g/mol. The summed E-state index contributed by atoms with van der Waals surface area (Å²) in [6.07, 6.45) is 0.454. The zero-order chi connectivity index (χ0) is 17.8. The molecule has 0 aliphatic carbocycles. The molecular weight excluding hydrogens is 324 g/mol. The van der Waals surface area contributed by atoms with E-state index in [-0.39, 0.29) is 24.0 Å². The molecule has 0 unspecified atom stereocenters. The predicted octanol–water partition coefficient (Wildman–Crippen LogP) is 2.18. The van der Waals surface area contributed by atoms with Gasteiger partial charge in [0.25, 0.3) is 0 Å². The van der Waals surface area contributed by atoms with Gasteiger partial charge in [-0.1, -0.05) is 18.2 Å². The van der Waals surface area contributed by atoms with E-state index in [0.717, 1.165) is 5.69 Å². The van der Waals surface area contributed by atoms with Crippen molar-refractivity contribution < 1.29 is 23.9 Å². The van der Waals surface area contributed by atoms with Crippen LogP contribution < -0.4 is 5.32 Å². The molecule has 2 saturated heterocycles. The maximum atomic E-state index is 12.2. The molecule has 7 heteroatoms. The number of ether oxygens (including phenoxy) is 2. The van der Waals surface area contributed by atoms with Crippen LogP contribution in [0.5, 0.6) is 0 Å². The van der Waals surface area contributed by atoms with Crippen molar-refractivity contribution in [1.29, 1.82) is 0 Å². The van der Waals surface area contributed by atoms with E-state index in [1.807, 2.05) is 30.3 Å². The number of amides is 2. The number of urea groups is 1. The first-order valence-corrected chi connectivity index (χ1v) is 8.55. The van der Waals surface area contributed by atoms with Crippen molar-refractivity contribution in [3.05, 3.63) is 30.3 Å². The Morgan fingerprint density at radius 2 is 1.88 bits per heavy atom. The van der Waals surface area contributed by atoms with Crippen molar-refractivity contribution in [2.45, 2.75) is 38.4 Å². The molecular formula is C18H22N2O5. The first-order valence-electron chi connectivity index (χ1n) is 8.55. The number of hydrogen-bond acceptors (Lipinski definition) is 5. The fourth-order valence-electron chi connectivity index (χ4n) is 3.09. The molecule has 0 bridgehead atoms. The lowest BCUT2D eigenvalue weighted by Crippen LogP contribution is -2.43. The Labute approximate surface area is 146 Å². The van der Waals surface area contributed by atoms with Crippen LogP contribution in [0.4, 0.5) is 10.5 Å². The summed E-state index contributed by atoms with van der Waals surface area (Å²) in [6.45, 7) is 2.73. The number of nitrogens with one attached hydrogen (secondary N) is 1. The van der Waals surface area contributed by atoms with E-state index in [1.165, 1.54) is 0 Å². The number of cyclic esters (lactones) is 1. The molecule has 0 radical (unpaired) electrons. The molecule has 2 atom stereocenters. The van der Waals surface area contributed by atoms with Gasteiger partial charge in [-0.2, -0.15) is 0 Å². The number of likely N-dealkylation sites (tertiary alicyclic amines) is 1. The van der Waals surface area contributed by atoms with Crippen molar-refractivity contribution >= 4 is 23.7 Å². The van der Waals surface area contributed by atoms with Gasteiger partial charge in [0.2, 0.25) is 6.10 Å². The lowest BCUT2D eigenvalue weighted by Gasteiger charge is -2.31. The van der Waals surface area contributed by atoms with Crippen LogP contribution in [0.15, 0.2) is 30.3 Å². The highest BCUT2D eigenvalue weighted by Gasteiger charge is 2.37. The van der Waals surface area contributed by atoms with Crippen molar-refractivity contribution in [3.63, 3.8) is 0 Å². The third kappa shape index (κ3) is 4.29. The average Bonchev–Trinajstić information content (AvgIpc) is 2.93. The van der Waals surface area contributed by atoms with E-state index >= 15 is 0 Å². The van der Waals surface area contributed by atoms with Crippen molar-refractivity contribution in [2.24, 2.45) is 5.92 Å². The predicted molar refractivity (Wildman–Crippen MR) is 89.8 cm³/mol. The van der Waals surface area contributed by atoms with Gasteiger partial charge in [-0.25, -0.2) is 9.59 Å². The number of benzene rings is 1. The molecule has 1 N–H and O–H groups in total. The van der Waals surface area contributed by atoms with Gasteiger partial charge in [0, 0.05) is 25.2 Å². The number of para-hydroxylation sites is 1. The summed E-state index contributed by atoms with van der Waals surface area (Å²) in [6, 6.07) is 9.06. The quantitative estimate of drug-likeness (QED) is 0.848. The zero-order valence-electron chi connectivity index (χ0n) is 14.1. The molecule has 2 heterocycles. The molecule has 134 valence electrons. The fraction of sp³-hybridized carbons (Fsp3) is 0.500. The normalized spacial score (nSPS) is 23.9. The second kappa shape index (κ2) is 7.55. The number of anilines is 1. The zero-order valence-corrected chi connectivity index (χ0v) is 14.1. The Morgan fingerprint density at radius 1 is 1.20 bits per heavy atom. The van der Waals surface area contributed by atoms with Gasteiger partial charge >= 0.3 is 18.0 Å². The van der Waals surface area contributed by atoms with E-state index < -0.39 is 12.1 Å². The van der Waals surface area contributed by atoms with Gasteiger partial charge in [0.1, 0.15) is 6.10 Å². The summed E-state index contributed by atoms with van der Waals surface area (Å²) in [5.74, 6) is -1.14. The number of rotatable bonds is 3. The summed E-state index contributed by atoms with van der Waals surface area (Å²) in [4.78, 5) is 37.7. The average molecular weight is 346 g/mol. The number of carbonyl (C=O) groups is 3. The minimum absolute atomic E-state index is 0.175. The molecule has 2 aliphatic heterocycles.